The van der Waals surface area contributed by atoms with Gasteiger partial charge in [0.25, 0.3) is 0 Å². The van der Waals surface area contributed by atoms with Crippen molar-refractivity contribution in [3.8, 4) is 0 Å². The molecule has 0 saturated heterocycles. The molecule has 1 aromatic rings. The SMILES string of the molecule is CCCC=C1CC=CC2=C1c1ccccc12. The summed E-state index contributed by atoms with van der Waals surface area (Å²) in [5, 5.41) is 0. The van der Waals surface area contributed by atoms with Gasteiger partial charge in [-0.1, -0.05) is 55.8 Å². The minimum Gasteiger partial charge on any atom is -0.0804 e. The summed E-state index contributed by atoms with van der Waals surface area (Å²) >= 11 is 0. The van der Waals surface area contributed by atoms with Gasteiger partial charge in [-0.15, -0.1) is 0 Å². The van der Waals surface area contributed by atoms with Gasteiger partial charge in [-0.2, -0.15) is 0 Å². The van der Waals surface area contributed by atoms with E-state index in [0.29, 0.717) is 0 Å². The Morgan fingerprint density at radius 2 is 2.00 bits per heavy atom. The predicted octanol–water partition coefficient (Wildman–Crippen LogP) is 4.60. The molecule has 0 nitrogen and oxygen atoms in total. The van der Waals surface area contributed by atoms with Crippen LogP contribution in [0.2, 0.25) is 0 Å². The van der Waals surface area contributed by atoms with Gasteiger partial charge in [0, 0.05) is 0 Å². The Hall–Kier alpha value is -1.56. The minimum absolute atomic E-state index is 1.10. The number of fused-ring (bicyclic) bond motifs is 3. The molecule has 3 rings (SSSR count). The van der Waals surface area contributed by atoms with Crippen molar-refractivity contribution in [1.29, 1.82) is 0 Å². The van der Waals surface area contributed by atoms with Crippen LogP contribution in [0.1, 0.15) is 37.3 Å². The molecule has 0 bridgehead atoms. The Labute approximate surface area is 97.0 Å². The van der Waals surface area contributed by atoms with Crippen LogP contribution in [0.25, 0.3) is 11.1 Å². The summed E-state index contributed by atoms with van der Waals surface area (Å²) in [6.07, 6.45) is 10.5. The molecule has 0 heteroatoms. The smallest absolute Gasteiger partial charge is 0.00670 e. The number of hydrogen-bond donors (Lipinski definition) is 0. The molecule has 1 aromatic carbocycles. The van der Waals surface area contributed by atoms with Gasteiger partial charge in [-0.25, -0.2) is 0 Å². The number of allylic oxidation sites excluding steroid dienone is 6. The van der Waals surface area contributed by atoms with Gasteiger partial charge >= 0.3 is 0 Å². The summed E-state index contributed by atoms with van der Waals surface area (Å²) in [6.45, 7) is 2.24. The van der Waals surface area contributed by atoms with Crippen LogP contribution >= 0.6 is 0 Å². The molecular weight excluding hydrogens is 192 g/mol. The third kappa shape index (κ3) is 1.30. The van der Waals surface area contributed by atoms with Gasteiger partial charge in [0.2, 0.25) is 0 Å². The zero-order chi connectivity index (χ0) is 11.0. The second-order valence-electron chi connectivity index (χ2n) is 4.46. The average Bonchev–Trinajstić information content (AvgIpc) is 2.33. The van der Waals surface area contributed by atoms with Crippen LogP contribution in [-0.4, -0.2) is 0 Å². The van der Waals surface area contributed by atoms with Crippen molar-refractivity contribution in [3.05, 3.63) is 59.2 Å². The minimum atomic E-state index is 1.10. The zero-order valence-corrected chi connectivity index (χ0v) is 9.66. The van der Waals surface area contributed by atoms with E-state index in [9.17, 15) is 0 Å². The van der Waals surface area contributed by atoms with Crippen molar-refractivity contribution in [3.63, 3.8) is 0 Å². The molecule has 0 aliphatic heterocycles. The fourth-order valence-corrected chi connectivity index (χ4v) is 2.58. The van der Waals surface area contributed by atoms with Gasteiger partial charge in [0.15, 0.2) is 0 Å². The van der Waals surface area contributed by atoms with E-state index in [1.807, 2.05) is 0 Å². The quantitative estimate of drug-likeness (QED) is 0.666. The maximum Gasteiger partial charge on any atom is -0.00670 e. The Morgan fingerprint density at radius 1 is 1.19 bits per heavy atom. The second-order valence-corrected chi connectivity index (χ2v) is 4.46. The fraction of sp³-hybridized carbons (Fsp3) is 0.250. The molecular formula is C16H16. The Balaban J connectivity index is 2.03. The van der Waals surface area contributed by atoms with Crippen molar-refractivity contribution >= 4 is 11.1 Å². The van der Waals surface area contributed by atoms with Crippen LogP contribution in [0.15, 0.2) is 48.1 Å². The van der Waals surface area contributed by atoms with Crippen molar-refractivity contribution < 1.29 is 0 Å². The van der Waals surface area contributed by atoms with Crippen molar-refractivity contribution in [2.75, 3.05) is 0 Å². The Bertz CT molecular complexity index is 513. The Kier molecular flexibility index (Phi) is 2.28. The van der Waals surface area contributed by atoms with Crippen LogP contribution < -0.4 is 0 Å². The summed E-state index contributed by atoms with van der Waals surface area (Å²) in [6, 6.07) is 8.73. The Morgan fingerprint density at radius 3 is 2.81 bits per heavy atom. The van der Waals surface area contributed by atoms with Crippen molar-refractivity contribution in [1.82, 2.24) is 0 Å². The molecule has 0 spiro atoms. The first-order chi connectivity index (χ1) is 7.92. The van der Waals surface area contributed by atoms with Crippen molar-refractivity contribution in [2.45, 2.75) is 26.2 Å². The fourth-order valence-electron chi connectivity index (χ4n) is 2.58. The molecule has 0 aromatic heterocycles. The lowest BCUT2D eigenvalue weighted by atomic mass is 9.73. The molecule has 0 unspecified atom stereocenters. The first kappa shape index (κ1) is 9.65. The van der Waals surface area contributed by atoms with Gasteiger partial charge in [-0.3, -0.25) is 0 Å². The van der Waals surface area contributed by atoms with Gasteiger partial charge in [0.1, 0.15) is 0 Å². The van der Waals surface area contributed by atoms with E-state index >= 15 is 0 Å². The van der Waals surface area contributed by atoms with Crippen LogP contribution in [0.3, 0.4) is 0 Å². The lowest BCUT2D eigenvalue weighted by Gasteiger charge is -2.30. The molecule has 80 valence electrons. The lowest BCUT2D eigenvalue weighted by molar-refractivity contribution is 0.948. The standard InChI is InChI=1S/C16H16/c1-2-3-7-12-8-6-11-15-13-9-4-5-10-14(13)16(12)15/h4-7,9-11H,2-3,8H2,1H3. The third-order valence-electron chi connectivity index (χ3n) is 3.38. The third-order valence-corrected chi connectivity index (χ3v) is 3.38. The van der Waals surface area contributed by atoms with Crippen LogP contribution in [0.5, 0.6) is 0 Å². The highest BCUT2D eigenvalue weighted by Gasteiger charge is 2.27. The highest BCUT2D eigenvalue weighted by Crippen LogP contribution is 2.48. The highest BCUT2D eigenvalue weighted by atomic mass is 14.3. The van der Waals surface area contributed by atoms with E-state index in [1.165, 1.54) is 40.7 Å². The normalized spacial score (nSPS) is 19.4. The summed E-state index contributed by atoms with van der Waals surface area (Å²) in [7, 11) is 0. The van der Waals surface area contributed by atoms with Gasteiger partial charge in [-0.05, 0) is 40.7 Å². The number of rotatable bonds is 2. The number of unbranched alkanes of at least 4 members (excludes halogenated alkanes) is 1. The number of hydrogen-bond acceptors (Lipinski definition) is 0. The van der Waals surface area contributed by atoms with Crippen LogP contribution in [0, 0.1) is 0 Å². The summed E-state index contributed by atoms with van der Waals surface area (Å²) in [4.78, 5) is 0. The molecule has 0 saturated carbocycles. The van der Waals surface area contributed by atoms with E-state index in [-0.39, 0.29) is 0 Å². The maximum absolute atomic E-state index is 2.41. The summed E-state index contributed by atoms with van der Waals surface area (Å²) in [5.74, 6) is 0. The maximum atomic E-state index is 2.41. The zero-order valence-electron chi connectivity index (χ0n) is 9.66. The van der Waals surface area contributed by atoms with E-state index in [1.54, 1.807) is 0 Å². The van der Waals surface area contributed by atoms with E-state index in [0.717, 1.165) is 6.42 Å². The largest absolute Gasteiger partial charge is 0.0804 e. The van der Waals surface area contributed by atoms with Crippen LogP contribution in [0.4, 0.5) is 0 Å². The molecule has 0 N–H and O–H groups in total. The van der Waals surface area contributed by atoms with Gasteiger partial charge < -0.3 is 0 Å². The molecule has 0 atom stereocenters. The topological polar surface area (TPSA) is 0 Å². The molecule has 16 heavy (non-hydrogen) atoms. The molecule has 0 heterocycles. The van der Waals surface area contributed by atoms with Crippen LogP contribution in [-0.2, 0) is 0 Å². The molecule has 2 aliphatic rings. The number of benzene rings is 1. The molecule has 0 radical (unpaired) electrons. The predicted molar refractivity (Wildman–Crippen MR) is 70.0 cm³/mol. The average molecular weight is 208 g/mol. The first-order valence-corrected chi connectivity index (χ1v) is 6.12. The van der Waals surface area contributed by atoms with Crippen molar-refractivity contribution in [2.24, 2.45) is 0 Å². The molecule has 0 fully saturated rings. The molecule has 0 amide bonds. The first-order valence-electron chi connectivity index (χ1n) is 6.12. The van der Waals surface area contributed by atoms with E-state index < -0.39 is 0 Å². The van der Waals surface area contributed by atoms with E-state index in [4.69, 9.17) is 0 Å². The lowest BCUT2D eigenvalue weighted by Crippen LogP contribution is -2.09. The van der Waals surface area contributed by atoms with E-state index in [2.05, 4.69) is 49.4 Å². The highest BCUT2D eigenvalue weighted by molar-refractivity contribution is 6.13. The molecule has 2 aliphatic carbocycles. The second kappa shape index (κ2) is 3.79. The monoisotopic (exact) mass is 208 g/mol. The van der Waals surface area contributed by atoms with Gasteiger partial charge in [0.05, 0.1) is 0 Å². The summed E-state index contributed by atoms with van der Waals surface area (Å²) < 4.78 is 0. The summed E-state index contributed by atoms with van der Waals surface area (Å²) in [5.41, 5.74) is 7.36.